The molecule has 0 atom stereocenters. The predicted octanol–water partition coefficient (Wildman–Crippen LogP) is 7.55. The van der Waals surface area contributed by atoms with E-state index in [0.717, 1.165) is 27.8 Å². The van der Waals surface area contributed by atoms with Crippen LogP contribution in [0, 0.1) is 18.3 Å². The van der Waals surface area contributed by atoms with E-state index in [1.165, 1.54) is 11.4 Å². The fourth-order valence-corrected chi connectivity index (χ4v) is 4.91. The van der Waals surface area contributed by atoms with Crippen LogP contribution in [-0.2, 0) is 21.0 Å². The summed E-state index contributed by atoms with van der Waals surface area (Å²) in [5.41, 5.74) is 3.94. The minimum Gasteiger partial charge on any atom is -0.422 e. The number of ether oxygens (including phenoxy) is 2. The van der Waals surface area contributed by atoms with Gasteiger partial charge in [-0.1, -0.05) is 104 Å². The molecule has 0 bridgehead atoms. The van der Waals surface area contributed by atoms with Crippen LogP contribution in [0.5, 0.6) is 11.6 Å². The van der Waals surface area contributed by atoms with Crippen molar-refractivity contribution < 1.29 is 19.1 Å². The molecule has 0 fully saturated rings. The third-order valence-electron chi connectivity index (χ3n) is 7.16. The van der Waals surface area contributed by atoms with Crippen LogP contribution in [-0.4, -0.2) is 26.5 Å². The maximum absolute atomic E-state index is 14.1. The van der Waals surface area contributed by atoms with Gasteiger partial charge in [0.2, 0.25) is 5.88 Å². The molecule has 0 saturated heterocycles. The first-order valence-corrected chi connectivity index (χ1v) is 14.0. The Morgan fingerprint density at radius 1 is 0.881 bits per heavy atom. The average Bonchev–Trinajstić information content (AvgIpc) is 3.40. The van der Waals surface area contributed by atoms with Crippen molar-refractivity contribution in [2.24, 2.45) is 0 Å². The molecule has 0 aliphatic carbocycles. The summed E-state index contributed by atoms with van der Waals surface area (Å²) in [6, 6.07) is 14.0. The Labute approximate surface area is 247 Å². The van der Waals surface area contributed by atoms with E-state index in [0.29, 0.717) is 11.6 Å². The highest BCUT2D eigenvalue weighted by molar-refractivity contribution is 6.02. The van der Waals surface area contributed by atoms with Crippen molar-refractivity contribution in [3.05, 3.63) is 69.8 Å². The summed E-state index contributed by atoms with van der Waals surface area (Å²) in [5.74, 6) is -0.619. The molecule has 0 radical (unpaired) electrons. The minimum absolute atomic E-state index is 0.0242. The number of aromatic amines is 1. The van der Waals surface area contributed by atoms with Gasteiger partial charge in [-0.2, -0.15) is 5.26 Å². The van der Waals surface area contributed by atoms with Gasteiger partial charge in [-0.25, -0.2) is 14.3 Å². The van der Waals surface area contributed by atoms with Crippen molar-refractivity contribution >= 4 is 17.6 Å². The zero-order valence-electron chi connectivity index (χ0n) is 26.4. The van der Waals surface area contributed by atoms with Crippen LogP contribution in [0.2, 0.25) is 0 Å². The van der Waals surface area contributed by atoms with E-state index in [9.17, 15) is 14.9 Å². The fourth-order valence-electron chi connectivity index (χ4n) is 4.91. The Morgan fingerprint density at radius 2 is 1.43 bits per heavy atom. The van der Waals surface area contributed by atoms with Crippen LogP contribution in [0.4, 0.5) is 0 Å². The molecule has 1 N–H and O–H groups in total. The third-order valence-corrected chi connectivity index (χ3v) is 7.16. The summed E-state index contributed by atoms with van der Waals surface area (Å²) in [5, 5.41) is 13.2. The largest absolute Gasteiger partial charge is 0.422 e. The van der Waals surface area contributed by atoms with E-state index in [1.807, 2.05) is 49.4 Å². The van der Waals surface area contributed by atoms with Crippen molar-refractivity contribution in [2.75, 3.05) is 0 Å². The lowest BCUT2D eigenvalue weighted by Gasteiger charge is -2.29. The maximum Gasteiger partial charge on any atom is 0.349 e. The fraction of sp³-hybridized carbons (Fsp3) is 0.412. The zero-order valence-corrected chi connectivity index (χ0v) is 26.4. The van der Waals surface area contributed by atoms with Crippen molar-refractivity contribution in [1.29, 1.82) is 5.26 Å². The molecule has 2 aromatic heterocycles. The van der Waals surface area contributed by atoms with Crippen LogP contribution in [0.1, 0.15) is 107 Å². The maximum atomic E-state index is 14.1. The first-order chi connectivity index (χ1) is 19.3. The van der Waals surface area contributed by atoms with E-state index in [1.54, 1.807) is 0 Å². The topological polar surface area (TPSA) is 109 Å². The van der Waals surface area contributed by atoms with E-state index >= 15 is 0 Å². The quantitative estimate of drug-likeness (QED) is 0.201. The van der Waals surface area contributed by atoms with Gasteiger partial charge in [0.25, 0.3) is 0 Å². The SMILES string of the molecule is CC(=O)Oc1c(C#N)c(C(=O)Oc2c(C(C)(C)C)cc(C)cc2C(C)(C)C)c2nc(-c3ccc(C(C)(C)C)cc3)[nH]n12. The number of nitriles is 1. The minimum atomic E-state index is -0.761. The number of carbonyl (C=O) groups excluding carboxylic acids is 2. The van der Waals surface area contributed by atoms with Crippen LogP contribution < -0.4 is 9.47 Å². The highest BCUT2D eigenvalue weighted by Crippen LogP contribution is 2.42. The standard InChI is InChI=1S/C34H40N4O4/c1-19-16-24(33(6,7)8)27(25(17-19)34(9,10)11)42-31(40)26-23(18-35)30(41-20(2)39)38-29(26)36-28(37-38)21-12-14-22(15-13-21)32(3,4)5/h12-17H,1-11H3,(H,36,37). The number of nitrogens with one attached hydrogen (secondary N) is 1. The molecule has 0 spiro atoms. The molecular formula is C34H40N4O4. The van der Waals surface area contributed by atoms with E-state index < -0.39 is 11.9 Å². The molecular weight excluding hydrogens is 528 g/mol. The lowest BCUT2D eigenvalue weighted by Crippen LogP contribution is -2.22. The van der Waals surface area contributed by atoms with E-state index in [4.69, 9.17) is 14.5 Å². The number of aromatic nitrogens is 3. The van der Waals surface area contributed by atoms with Gasteiger partial charge in [-0.05, 0) is 28.7 Å². The molecule has 8 nitrogen and oxygen atoms in total. The van der Waals surface area contributed by atoms with Crippen molar-refractivity contribution in [3.63, 3.8) is 0 Å². The lowest BCUT2D eigenvalue weighted by atomic mass is 9.78. The van der Waals surface area contributed by atoms with Crippen molar-refractivity contribution in [3.8, 4) is 29.1 Å². The number of fused-ring (bicyclic) bond motifs is 1. The van der Waals surface area contributed by atoms with Crippen LogP contribution in [0.3, 0.4) is 0 Å². The van der Waals surface area contributed by atoms with Crippen molar-refractivity contribution in [2.45, 2.75) is 92.4 Å². The Bertz CT molecular complexity index is 1690. The Balaban J connectivity index is 1.93. The molecule has 0 unspecified atom stereocenters. The van der Waals surface area contributed by atoms with E-state index in [-0.39, 0.29) is 38.9 Å². The molecule has 2 aromatic carbocycles. The third kappa shape index (κ3) is 5.82. The molecule has 2 heterocycles. The summed E-state index contributed by atoms with van der Waals surface area (Å²) >= 11 is 0. The summed E-state index contributed by atoms with van der Waals surface area (Å²) in [6.07, 6.45) is 0. The van der Waals surface area contributed by atoms with Crippen LogP contribution in [0.25, 0.3) is 17.0 Å². The van der Waals surface area contributed by atoms with Gasteiger partial charge in [0.1, 0.15) is 22.9 Å². The summed E-state index contributed by atoms with van der Waals surface area (Å²) in [4.78, 5) is 30.8. The number of hydrogen-bond acceptors (Lipinski definition) is 6. The zero-order chi connectivity index (χ0) is 31.4. The highest BCUT2D eigenvalue weighted by Gasteiger charge is 2.34. The number of nitrogens with zero attached hydrogens (tertiary/aromatic N) is 3. The number of rotatable bonds is 4. The number of benzene rings is 2. The summed E-state index contributed by atoms with van der Waals surface area (Å²) < 4.78 is 13.0. The van der Waals surface area contributed by atoms with Gasteiger partial charge in [0.15, 0.2) is 11.5 Å². The second-order valence-corrected chi connectivity index (χ2v) is 13.9. The Kier molecular flexibility index (Phi) is 7.62. The van der Waals surface area contributed by atoms with Gasteiger partial charge in [-0.3, -0.25) is 9.89 Å². The molecule has 4 rings (SSSR count). The van der Waals surface area contributed by atoms with Crippen LogP contribution in [0.15, 0.2) is 36.4 Å². The summed E-state index contributed by atoms with van der Waals surface area (Å²) in [6.45, 7) is 22.0. The first kappa shape index (κ1) is 30.6. The van der Waals surface area contributed by atoms with Crippen molar-refractivity contribution in [1.82, 2.24) is 14.6 Å². The Morgan fingerprint density at radius 3 is 1.88 bits per heavy atom. The predicted molar refractivity (Wildman–Crippen MR) is 163 cm³/mol. The highest BCUT2D eigenvalue weighted by atomic mass is 16.5. The summed E-state index contributed by atoms with van der Waals surface area (Å²) in [7, 11) is 0. The van der Waals surface area contributed by atoms with E-state index in [2.05, 4.69) is 67.4 Å². The molecule has 0 saturated carbocycles. The first-order valence-electron chi connectivity index (χ1n) is 14.0. The van der Waals surface area contributed by atoms with Crippen LogP contribution >= 0.6 is 0 Å². The number of H-pyrrole nitrogens is 1. The number of aryl methyl sites for hydroxylation is 1. The Hall–Kier alpha value is -4.38. The molecule has 0 amide bonds. The smallest absolute Gasteiger partial charge is 0.349 e. The van der Waals surface area contributed by atoms with Gasteiger partial charge in [0, 0.05) is 23.6 Å². The molecule has 4 aromatic rings. The second-order valence-electron chi connectivity index (χ2n) is 13.9. The molecule has 220 valence electrons. The number of carbonyl (C=O) groups is 2. The monoisotopic (exact) mass is 568 g/mol. The average molecular weight is 569 g/mol. The van der Waals surface area contributed by atoms with Gasteiger partial charge in [0.05, 0.1) is 0 Å². The lowest BCUT2D eigenvalue weighted by molar-refractivity contribution is -0.132. The molecule has 0 aliphatic heterocycles. The van der Waals surface area contributed by atoms with Gasteiger partial charge in [-0.15, -0.1) is 0 Å². The molecule has 8 heteroatoms. The second kappa shape index (κ2) is 10.5. The van der Waals surface area contributed by atoms with Gasteiger partial charge < -0.3 is 9.47 Å². The molecule has 42 heavy (non-hydrogen) atoms. The number of hydrogen-bond donors (Lipinski definition) is 1. The van der Waals surface area contributed by atoms with Gasteiger partial charge >= 0.3 is 11.9 Å². The number of esters is 2. The normalized spacial score (nSPS) is 12.3. The molecule has 0 aliphatic rings.